The Balaban J connectivity index is 1.81. The fourth-order valence-electron chi connectivity index (χ4n) is 2.85. The average molecular weight is 390 g/mol. The maximum Gasteiger partial charge on any atom is 0.343 e. The lowest BCUT2D eigenvalue weighted by Crippen LogP contribution is -2.27. The quantitative estimate of drug-likeness (QED) is 0.336. The molecule has 0 unspecified atom stereocenters. The first-order chi connectivity index (χ1) is 12.8. The van der Waals surface area contributed by atoms with Gasteiger partial charge in [0.25, 0.3) is 0 Å². The number of carbonyl (C=O) groups excluding carboxylic acids is 1. The SMILES string of the molecule is Cc1ccc([N+](=O)[O-])c(OC(=O)c2ccc(S(=O)(=O)N3CCCC3)cc2)c1. The highest BCUT2D eigenvalue weighted by atomic mass is 32.2. The zero-order valence-electron chi connectivity index (χ0n) is 14.6. The summed E-state index contributed by atoms with van der Waals surface area (Å²) >= 11 is 0. The maximum atomic E-state index is 12.5. The van der Waals surface area contributed by atoms with Crippen LogP contribution in [0.25, 0.3) is 0 Å². The zero-order chi connectivity index (χ0) is 19.6. The number of nitrogens with zero attached hydrogens (tertiary/aromatic N) is 2. The van der Waals surface area contributed by atoms with Crippen molar-refractivity contribution in [2.75, 3.05) is 13.1 Å². The number of hydrogen-bond acceptors (Lipinski definition) is 6. The lowest BCUT2D eigenvalue weighted by Gasteiger charge is -2.15. The Bertz CT molecular complexity index is 979. The summed E-state index contributed by atoms with van der Waals surface area (Å²) in [6.45, 7) is 2.70. The molecule has 1 saturated heterocycles. The minimum atomic E-state index is -3.57. The molecule has 0 bridgehead atoms. The third-order valence-corrected chi connectivity index (χ3v) is 6.22. The van der Waals surface area contributed by atoms with Crippen LogP contribution in [0, 0.1) is 17.0 Å². The van der Waals surface area contributed by atoms with E-state index in [1.165, 1.54) is 40.7 Å². The molecule has 0 N–H and O–H groups in total. The molecular weight excluding hydrogens is 372 g/mol. The number of ether oxygens (including phenoxy) is 1. The first kappa shape index (κ1) is 19.0. The fourth-order valence-corrected chi connectivity index (χ4v) is 4.37. The lowest BCUT2D eigenvalue weighted by atomic mass is 10.2. The number of benzene rings is 2. The first-order valence-corrected chi connectivity index (χ1v) is 9.80. The van der Waals surface area contributed by atoms with Crippen LogP contribution < -0.4 is 4.74 Å². The molecule has 3 rings (SSSR count). The second-order valence-electron chi connectivity index (χ2n) is 6.25. The molecule has 1 fully saturated rings. The highest BCUT2D eigenvalue weighted by Gasteiger charge is 2.27. The predicted octanol–water partition coefficient (Wildman–Crippen LogP) is 2.91. The molecule has 2 aromatic rings. The molecule has 27 heavy (non-hydrogen) atoms. The standard InChI is InChI=1S/C18H18N2O6S/c1-13-4-9-16(20(22)23)17(12-13)26-18(21)14-5-7-15(8-6-14)27(24,25)19-10-2-3-11-19/h4-9,12H,2-3,10-11H2,1H3. The number of esters is 1. The lowest BCUT2D eigenvalue weighted by molar-refractivity contribution is -0.385. The van der Waals surface area contributed by atoms with Crippen LogP contribution in [-0.4, -0.2) is 36.7 Å². The van der Waals surface area contributed by atoms with Gasteiger partial charge in [-0.15, -0.1) is 0 Å². The van der Waals surface area contributed by atoms with E-state index in [1.54, 1.807) is 13.0 Å². The smallest absolute Gasteiger partial charge is 0.343 e. The van der Waals surface area contributed by atoms with Crippen LogP contribution in [0.1, 0.15) is 28.8 Å². The largest absolute Gasteiger partial charge is 0.416 e. The molecule has 1 aliphatic heterocycles. The molecule has 0 aromatic heterocycles. The van der Waals surface area contributed by atoms with E-state index in [9.17, 15) is 23.3 Å². The molecule has 0 atom stereocenters. The molecule has 2 aromatic carbocycles. The van der Waals surface area contributed by atoms with Gasteiger partial charge in [0, 0.05) is 19.2 Å². The van der Waals surface area contributed by atoms with E-state index in [1.807, 2.05) is 0 Å². The van der Waals surface area contributed by atoms with Gasteiger partial charge in [0.15, 0.2) is 0 Å². The number of hydrogen-bond donors (Lipinski definition) is 0. The second kappa shape index (κ2) is 7.45. The monoisotopic (exact) mass is 390 g/mol. The number of nitro benzene ring substituents is 1. The summed E-state index contributed by atoms with van der Waals surface area (Å²) in [5.74, 6) is -0.951. The van der Waals surface area contributed by atoms with Crippen LogP contribution in [0.5, 0.6) is 5.75 Å². The topological polar surface area (TPSA) is 107 Å². The van der Waals surface area contributed by atoms with Crippen molar-refractivity contribution in [3.8, 4) is 5.75 Å². The van der Waals surface area contributed by atoms with E-state index in [0.29, 0.717) is 18.7 Å². The van der Waals surface area contributed by atoms with Gasteiger partial charge in [-0.3, -0.25) is 10.1 Å². The molecule has 0 amide bonds. The van der Waals surface area contributed by atoms with Crippen molar-refractivity contribution in [3.05, 3.63) is 63.7 Å². The van der Waals surface area contributed by atoms with E-state index < -0.39 is 20.9 Å². The maximum absolute atomic E-state index is 12.5. The van der Waals surface area contributed by atoms with Crippen molar-refractivity contribution < 1.29 is 22.9 Å². The van der Waals surface area contributed by atoms with E-state index in [4.69, 9.17) is 4.74 Å². The third kappa shape index (κ3) is 3.99. The van der Waals surface area contributed by atoms with Gasteiger partial charge in [0.05, 0.1) is 15.4 Å². The van der Waals surface area contributed by atoms with E-state index in [-0.39, 0.29) is 21.9 Å². The molecule has 8 nitrogen and oxygen atoms in total. The van der Waals surface area contributed by atoms with Crippen LogP contribution in [0.3, 0.4) is 0 Å². The number of rotatable bonds is 5. The van der Waals surface area contributed by atoms with Gasteiger partial charge < -0.3 is 4.74 Å². The van der Waals surface area contributed by atoms with Crippen molar-refractivity contribution in [1.29, 1.82) is 0 Å². The normalized spacial score (nSPS) is 14.9. The Morgan fingerprint density at radius 3 is 2.33 bits per heavy atom. The molecule has 1 aliphatic rings. The van der Waals surface area contributed by atoms with Gasteiger partial charge in [-0.1, -0.05) is 6.07 Å². The summed E-state index contributed by atoms with van der Waals surface area (Å²) in [7, 11) is -3.57. The molecule has 0 radical (unpaired) electrons. The summed E-state index contributed by atoms with van der Waals surface area (Å²) in [6, 6.07) is 9.59. The minimum absolute atomic E-state index is 0.0995. The molecule has 9 heteroatoms. The Morgan fingerprint density at radius 1 is 1.11 bits per heavy atom. The van der Waals surface area contributed by atoms with Gasteiger partial charge >= 0.3 is 11.7 Å². The number of nitro groups is 1. The zero-order valence-corrected chi connectivity index (χ0v) is 15.4. The predicted molar refractivity (Wildman–Crippen MR) is 97.2 cm³/mol. The Hall–Kier alpha value is -2.78. The minimum Gasteiger partial charge on any atom is -0.416 e. The summed E-state index contributed by atoms with van der Waals surface area (Å²) in [6.07, 6.45) is 1.66. The average Bonchev–Trinajstić information content (AvgIpc) is 3.17. The van der Waals surface area contributed by atoms with E-state index in [0.717, 1.165) is 12.8 Å². The highest BCUT2D eigenvalue weighted by Crippen LogP contribution is 2.29. The van der Waals surface area contributed by atoms with Crippen LogP contribution in [0.4, 0.5) is 5.69 Å². The number of aryl methyl sites for hydroxylation is 1. The van der Waals surface area contributed by atoms with Crippen LogP contribution in [0.15, 0.2) is 47.4 Å². The van der Waals surface area contributed by atoms with Gasteiger partial charge in [-0.2, -0.15) is 4.31 Å². The van der Waals surface area contributed by atoms with Gasteiger partial charge in [-0.25, -0.2) is 13.2 Å². The summed E-state index contributed by atoms with van der Waals surface area (Å²) in [4.78, 5) is 22.9. The summed E-state index contributed by atoms with van der Waals surface area (Å²) in [5, 5.41) is 11.1. The molecular formula is C18H18N2O6S. The summed E-state index contributed by atoms with van der Waals surface area (Å²) in [5.41, 5.74) is 0.490. The van der Waals surface area contributed by atoms with E-state index >= 15 is 0 Å². The Kier molecular flexibility index (Phi) is 5.24. The van der Waals surface area contributed by atoms with Crippen molar-refractivity contribution in [2.24, 2.45) is 0 Å². The molecule has 0 aliphatic carbocycles. The molecule has 0 spiro atoms. The Morgan fingerprint density at radius 2 is 1.74 bits per heavy atom. The highest BCUT2D eigenvalue weighted by molar-refractivity contribution is 7.89. The number of carbonyl (C=O) groups is 1. The summed E-state index contributed by atoms with van der Waals surface area (Å²) < 4.78 is 31.6. The molecule has 0 saturated carbocycles. The van der Waals surface area contributed by atoms with Crippen molar-refractivity contribution in [3.63, 3.8) is 0 Å². The van der Waals surface area contributed by atoms with Crippen LogP contribution in [-0.2, 0) is 10.0 Å². The first-order valence-electron chi connectivity index (χ1n) is 8.36. The van der Waals surface area contributed by atoms with Crippen LogP contribution >= 0.6 is 0 Å². The van der Waals surface area contributed by atoms with E-state index in [2.05, 4.69) is 0 Å². The van der Waals surface area contributed by atoms with Gasteiger partial charge in [-0.05, 0) is 55.7 Å². The number of sulfonamides is 1. The van der Waals surface area contributed by atoms with Crippen molar-refractivity contribution >= 4 is 21.7 Å². The van der Waals surface area contributed by atoms with Gasteiger partial charge in [0.2, 0.25) is 15.8 Å². The van der Waals surface area contributed by atoms with Gasteiger partial charge in [0.1, 0.15) is 0 Å². The van der Waals surface area contributed by atoms with Crippen molar-refractivity contribution in [1.82, 2.24) is 4.31 Å². The van der Waals surface area contributed by atoms with Crippen LogP contribution in [0.2, 0.25) is 0 Å². The fraction of sp³-hybridized carbons (Fsp3) is 0.278. The molecule has 142 valence electrons. The molecule has 1 heterocycles. The van der Waals surface area contributed by atoms with Crippen molar-refractivity contribution in [2.45, 2.75) is 24.7 Å². The Labute approximate surface area is 156 Å². The second-order valence-corrected chi connectivity index (χ2v) is 8.19. The third-order valence-electron chi connectivity index (χ3n) is 4.31.